The standard InChI is InChI=1S/C18H20N4O3S3/c1-21(17(26)14-5-3-7-19-9-14)11-16(23)12-28(24,25)13-22(2)18(27)15-6-4-8-20-10-15/h3-10H,11-13H2,1-2H3. The van der Waals surface area contributed by atoms with Crippen molar-refractivity contribution in [3.05, 3.63) is 60.2 Å². The second-order valence-electron chi connectivity index (χ2n) is 6.20. The molecule has 0 unspecified atom stereocenters. The molecule has 0 aliphatic carbocycles. The van der Waals surface area contributed by atoms with Crippen LogP contribution in [-0.2, 0) is 14.6 Å². The summed E-state index contributed by atoms with van der Waals surface area (Å²) in [7, 11) is -0.470. The first-order chi connectivity index (χ1) is 13.2. The molecule has 0 radical (unpaired) electrons. The lowest BCUT2D eigenvalue weighted by Crippen LogP contribution is -2.37. The molecule has 0 aromatic carbocycles. The molecule has 2 rings (SSSR count). The summed E-state index contributed by atoms with van der Waals surface area (Å²) in [6.07, 6.45) is 6.38. The van der Waals surface area contributed by atoms with Crippen LogP contribution in [-0.4, -0.2) is 76.2 Å². The molecular formula is C18H20N4O3S3. The molecule has 2 aromatic heterocycles. The first-order valence-electron chi connectivity index (χ1n) is 8.23. The van der Waals surface area contributed by atoms with E-state index in [1.165, 1.54) is 9.80 Å². The summed E-state index contributed by atoms with van der Waals surface area (Å²) in [5.74, 6) is -1.40. The number of Topliss-reactive ketones (excluding diaryl/α,β-unsaturated/α-hetero) is 1. The fourth-order valence-electron chi connectivity index (χ4n) is 2.45. The number of nitrogens with zero attached hydrogens (tertiary/aromatic N) is 4. The van der Waals surface area contributed by atoms with Gasteiger partial charge < -0.3 is 9.80 Å². The van der Waals surface area contributed by atoms with E-state index in [1.807, 2.05) is 0 Å². The number of aromatic nitrogens is 2. The van der Waals surface area contributed by atoms with Crippen molar-refractivity contribution in [1.29, 1.82) is 0 Å². The summed E-state index contributed by atoms with van der Waals surface area (Å²) in [4.78, 5) is 23.9. The molecule has 0 bridgehead atoms. The van der Waals surface area contributed by atoms with E-state index in [0.717, 1.165) is 0 Å². The number of hydrogen-bond acceptors (Lipinski definition) is 7. The summed E-state index contributed by atoms with van der Waals surface area (Å²) in [5.41, 5.74) is 1.33. The highest BCUT2D eigenvalue weighted by Crippen LogP contribution is 2.07. The number of hydrogen-bond donors (Lipinski definition) is 0. The average Bonchev–Trinajstić information content (AvgIpc) is 2.67. The lowest BCUT2D eigenvalue weighted by Gasteiger charge is -2.21. The summed E-state index contributed by atoms with van der Waals surface area (Å²) in [5, 5.41) is 0. The van der Waals surface area contributed by atoms with Crippen LogP contribution in [0.15, 0.2) is 49.1 Å². The van der Waals surface area contributed by atoms with Crippen molar-refractivity contribution in [3.8, 4) is 0 Å². The maximum Gasteiger partial charge on any atom is 0.175 e. The van der Waals surface area contributed by atoms with E-state index in [4.69, 9.17) is 24.4 Å². The van der Waals surface area contributed by atoms with Gasteiger partial charge in [0.15, 0.2) is 15.6 Å². The smallest absolute Gasteiger partial charge is 0.175 e. The van der Waals surface area contributed by atoms with Gasteiger partial charge >= 0.3 is 0 Å². The summed E-state index contributed by atoms with van der Waals surface area (Å²) in [6, 6.07) is 6.98. The van der Waals surface area contributed by atoms with Crippen molar-refractivity contribution in [3.63, 3.8) is 0 Å². The average molecular weight is 437 g/mol. The first kappa shape index (κ1) is 22.0. The third kappa shape index (κ3) is 6.39. The predicted molar refractivity (Wildman–Crippen MR) is 116 cm³/mol. The number of pyridine rings is 2. The van der Waals surface area contributed by atoms with Crippen LogP contribution >= 0.6 is 24.4 Å². The molecule has 2 heterocycles. The molecule has 0 saturated heterocycles. The van der Waals surface area contributed by atoms with Crippen LogP contribution in [0.3, 0.4) is 0 Å². The number of ketones is 1. The minimum atomic E-state index is -3.68. The predicted octanol–water partition coefficient (Wildman–Crippen LogP) is 1.33. The highest BCUT2D eigenvalue weighted by atomic mass is 32.2. The zero-order valence-electron chi connectivity index (χ0n) is 15.5. The Morgan fingerprint density at radius 3 is 1.93 bits per heavy atom. The minimum Gasteiger partial charge on any atom is -0.358 e. The van der Waals surface area contributed by atoms with Crippen LogP contribution < -0.4 is 0 Å². The molecule has 0 N–H and O–H groups in total. The first-order valence-corrected chi connectivity index (χ1v) is 10.9. The van der Waals surface area contributed by atoms with Crippen molar-refractivity contribution in [2.75, 3.05) is 32.3 Å². The highest BCUT2D eigenvalue weighted by molar-refractivity contribution is 7.92. The Hall–Kier alpha value is -2.30. The van der Waals surface area contributed by atoms with Crippen molar-refractivity contribution in [2.45, 2.75) is 0 Å². The molecule has 28 heavy (non-hydrogen) atoms. The molecule has 0 aliphatic rings. The largest absolute Gasteiger partial charge is 0.358 e. The molecule has 0 spiro atoms. The fourth-order valence-corrected chi connectivity index (χ4v) is 4.29. The van der Waals surface area contributed by atoms with Crippen LogP contribution in [0.2, 0.25) is 0 Å². The monoisotopic (exact) mass is 436 g/mol. The summed E-state index contributed by atoms with van der Waals surface area (Å²) >= 11 is 10.6. The van der Waals surface area contributed by atoms with Gasteiger partial charge in [-0.3, -0.25) is 14.8 Å². The van der Waals surface area contributed by atoms with Crippen LogP contribution in [0.4, 0.5) is 0 Å². The van der Waals surface area contributed by atoms with Gasteiger partial charge in [0.05, 0.1) is 6.54 Å². The van der Waals surface area contributed by atoms with Crippen molar-refractivity contribution in [2.24, 2.45) is 0 Å². The SMILES string of the molecule is CN(CC(=O)CS(=O)(=O)CN(C)C(=S)c1cccnc1)C(=S)c1cccnc1. The third-order valence-electron chi connectivity index (χ3n) is 3.70. The molecule has 0 fully saturated rings. The van der Waals surface area contributed by atoms with E-state index in [0.29, 0.717) is 21.1 Å². The minimum absolute atomic E-state index is 0.107. The van der Waals surface area contributed by atoms with Gasteiger partial charge in [0.25, 0.3) is 0 Å². The van der Waals surface area contributed by atoms with Crippen LogP contribution in [0.5, 0.6) is 0 Å². The van der Waals surface area contributed by atoms with Crippen LogP contribution in [0.25, 0.3) is 0 Å². The van der Waals surface area contributed by atoms with Crippen molar-refractivity contribution in [1.82, 2.24) is 19.8 Å². The molecule has 10 heteroatoms. The van der Waals surface area contributed by atoms with E-state index >= 15 is 0 Å². The molecule has 2 aromatic rings. The summed E-state index contributed by atoms with van der Waals surface area (Å²) in [6.45, 7) is -0.107. The van der Waals surface area contributed by atoms with E-state index in [2.05, 4.69) is 9.97 Å². The molecule has 0 aliphatic heterocycles. The second-order valence-corrected chi connectivity index (χ2v) is 9.01. The number of thiocarbonyl (C=S) groups is 2. The maximum atomic E-state index is 12.4. The zero-order valence-corrected chi connectivity index (χ0v) is 17.9. The van der Waals surface area contributed by atoms with Crippen LogP contribution in [0.1, 0.15) is 11.1 Å². The molecule has 0 amide bonds. The number of sulfone groups is 1. The fraction of sp³-hybridized carbons (Fsp3) is 0.278. The quantitative estimate of drug-likeness (QED) is 0.569. The second kappa shape index (κ2) is 9.76. The van der Waals surface area contributed by atoms with Gasteiger partial charge in [0.1, 0.15) is 21.6 Å². The number of carbonyl (C=O) groups is 1. The van der Waals surface area contributed by atoms with Gasteiger partial charge in [-0.05, 0) is 24.3 Å². The van der Waals surface area contributed by atoms with Gasteiger partial charge in [0.2, 0.25) is 0 Å². The van der Waals surface area contributed by atoms with Gasteiger partial charge in [-0.2, -0.15) is 0 Å². The molecule has 0 atom stereocenters. The number of likely N-dealkylation sites (N-methyl/N-ethyl adjacent to an activating group) is 1. The zero-order chi connectivity index (χ0) is 20.7. The highest BCUT2D eigenvalue weighted by Gasteiger charge is 2.22. The molecule has 0 saturated carbocycles. The Bertz CT molecular complexity index is 951. The van der Waals surface area contributed by atoms with Crippen molar-refractivity contribution >= 4 is 50.0 Å². The Kier molecular flexibility index (Phi) is 7.67. The lowest BCUT2D eigenvalue weighted by atomic mass is 10.2. The van der Waals surface area contributed by atoms with Crippen LogP contribution in [0, 0.1) is 0 Å². The van der Waals surface area contributed by atoms with Gasteiger partial charge in [-0.15, -0.1) is 0 Å². The van der Waals surface area contributed by atoms with E-state index in [9.17, 15) is 13.2 Å². The molecule has 7 nitrogen and oxygen atoms in total. The van der Waals surface area contributed by atoms with E-state index in [-0.39, 0.29) is 12.4 Å². The topological polar surface area (TPSA) is 83.5 Å². The van der Waals surface area contributed by atoms with E-state index < -0.39 is 21.4 Å². The Morgan fingerprint density at radius 2 is 1.46 bits per heavy atom. The van der Waals surface area contributed by atoms with E-state index in [1.54, 1.807) is 63.1 Å². The van der Waals surface area contributed by atoms with Gasteiger partial charge in [-0.1, -0.05) is 24.4 Å². The summed E-state index contributed by atoms with van der Waals surface area (Å²) < 4.78 is 24.8. The lowest BCUT2D eigenvalue weighted by molar-refractivity contribution is -0.116. The number of carbonyl (C=O) groups excluding carboxylic acids is 1. The Balaban J connectivity index is 1.93. The van der Waals surface area contributed by atoms with Crippen molar-refractivity contribution < 1.29 is 13.2 Å². The Labute approximate surface area is 175 Å². The normalized spacial score (nSPS) is 10.9. The molecular weight excluding hydrogens is 416 g/mol. The Morgan fingerprint density at radius 1 is 0.964 bits per heavy atom. The number of rotatable bonds is 8. The maximum absolute atomic E-state index is 12.4. The van der Waals surface area contributed by atoms with Gasteiger partial charge in [-0.25, -0.2) is 8.42 Å². The van der Waals surface area contributed by atoms with Gasteiger partial charge in [0, 0.05) is 50.0 Å². The molecule has 148 valence electrons. The third-order valence-corrected chi connectivity index (χ3v) is 6.33.